The van der Waals surface area contributed by atoms with Crippen LogP contribution in [0.3, 0.4) is 0 Å². The maximum atomic E-state index is 5.35. The molecule has 0 bridgehead atoms. The molecule has 0 saturated carbocycles. The van der Waals surface area contributed by atoms with Gasteiger partial charge in [0.1, 0.15) is 5.75 Å². The molecule has 1 aromatic heterocycles. The molecule has 4 aromatic carbocycles. The summed E-state index contributed by atoms with van der Waals surface area (Å²) in [6.07, 6.45) is 1.91. The summed E-state index contributed by atoms with van der Waals surface area (Å²) in [6, 6.07) is 33.5. The second-order valence-corrected chi connectivity index (χ2v) is 11.7. The lowest BCUT2D eigenvalue weighted by Crippen LogP contribution is -2.16. The zero-order chi connectivity index (χ0) is 26.2. The van der Waals surface area contributed by atoms with Crippen LogP contribution in [-0.4, -0.2) is 12.1 Å². The standard InChI is InChI=1S/C36H31NO/c1-35(2)32-20-24(22-8-13-26(38-5)14-9-22)10-15-27(32)28-16-11-25(21-33(28)35)23-12-17-31-30(19-23)29-7-6-18-37-34(29)36(31,3)4/h6-21H,1-5H3. The van der Waals surface area contributed by atoms with Crippen LogP contribution in [-0.2, 0) is 10.8 Å². The Kier molecular flexibility index (Phi) is 4.79. The van der Waals surface area contributed by atoms with Gasteiger partial charge in [0.15, 0.2) is 0 Å². The van der Waals surface area contributed by atoms with E-state index in [1.165, 1.54) is 66.9 Å². The largest absolute Gasteiger partial charge is 0.497 e. The van der Waals surface area contributed by atoms with Crippen molar-refractivity contribution in [1.29, 1.82) is 0 Å². The fourth-order valence-corrected chi connectivity index (χ4v) is 6.62. The molecule has 2 aliphatic rings. The molecule has 0 unspecified atom stereocenters. The molecule has 0 N–H and O–H groups in total. The molecular weight excluding hydrogens is 462 g/mol. The fourth-order valence-electron chi connectivity index (χ4n) is 6.62. The third-order valence-electron chi connectivity index (χ3n) is 8.82. The number of aromatic nitrogens is 1. The van der Waals surface area contributed by atoms with Crippen molar-refractivity contribution in [2.45, 2.75) is 38.5 Å². The molecule has 0 saturated heterocycles. The van der Waals surface area contributed by atoms with Crippen molar-refractivity contribution in [1.82, 2.24) is 4.98 Å². The summed E-state index contributed by atoms with van der Waals surface area (Å²) >= 11 is 0. The molecule has 1 heterocycles. The van der Waals surface area contributed by atoms with Gasteiger partial charge in [0.2, 0.25) is 0 Å². The van der Waals surface area contributed by atoms with Gasteiger partial charge in [-0.25, -0.2) is 0 Å². The van der Waals surface area contributed by atoms with E-state index in [0.29, 0.717) is 0 Å². The third-order valence-corrected chi connectivity index (χ3v) is 8.82. The van der Waals surface area contributed by atoms with E-state index < -0.39 is 0 Å². The Labute approximate surface area is 225 Å². The predicted molar refractivity (Wildman–Crippen MR) is 157 cm³/mol. The van der Waals surface area contributed by atoms with Gasteiger partial charge in [0.05, 0.1) is 12.8 Å². The third kappa shape index (κ3) is 3.16. The van der Waals surface area contributed by atoms with Crippen molar-refractivity contribution >= 4 is 0 Å². The molecule has 0 radical (unpaired) electrons. The minimum Gasteiger partial charge on any atom is -0.497 e. The lowest BCUT2D eigenvalue weighted by Gasteiger charge is -2.23. The summed E-state index contributed by atoms with van der Waals surface area (Å²) < 4.78 is 5.35. The second kappa shape index (κ2) is 7.91. The van der Waals surface area contributed by atoms with Gasteiger partial charge in [-0.2, -0.15) is 0 Å². The first-order chi connectivity index (χ1) is 18.3. The molecule has 0 aliphatic heterocycles. The summed E-state index contributed by atoms with van der Waals surface area (Å²) in [6.45, 7) is 9.26. The molecule has 2 nitrogen and oxygen atoms in total. The zero-order valence-electron chi connectivity index (χ0n) is 22.6. The van der Waals surface area contributed by atoms with Gasteiger partial charge in [-0.1, -0.05) is 82.3 Å². The first kappa shape index (κ1) is 23.0. The van der Waals surface area contributed by atoms with Gasteiger partial charge in [-0.05, 0) is 92.0 Å². The number of methoxy groups -OCH3 is 1. The highest BCUT2D eigenvalue weighted by Gasteiger charge is 2.38. The summed E-state index contributed by atoms with van der Waals surface area (Å²) in [5, 5.41) is 0. The van der Waals surface area contributed by atoms with Crippen LogP contribution in [0.5, 0.6) is 5.75 Å². The monoisotopic (exact) mass is 493 g/mol. The molecule has 5 aromatic rings. The summed E-state index contributed by atoms with van der Waals surface area (Å²) in [5.74, 6) is 0.880. The topological polar surface area (TPSA) is 22.1 Å². The molecule has 0 amide bonds. The van der Waals surface area contributed by atoms with E-state index in [1.54, 1.807) is 7.11 Å². The molecule has 2 heteroatoms. The molecule has 7 rings (SSSR count). The quantitative estimate of drug-likeness (QED) is 0.250. The number of nitrogens with zero attached hydrogens (tertiary/aromatic N) is 1. The highest BCUT2D eigenvalue weighted by atomic mass is 16.5. The van der Waals surface area contributed by atoms with Gasteiger partial charge >= 0.3 is 0 Å². The van der Waals surface area contributed by atoms with Crippen molar-refractivity contribution in [3.05, 3.63) is 120 Å². The Morgan fingerprint density at radius 1 is 0.526 bits per heavy atom. The van der Waals surface area contributed by atoms with Crippen LogP contribution in [0.2, 0.25) is 0 Å². The lowest BCUT2D eigenvalue weighted by atomic mass is 9.80. The fraction of sp³-hybridized carbons (Fsp3) is 0.194. The van der Waals surface area contributed by atoms with Gasteiger partial charge in [-0.15, -0.1) is 0 Å². The van der Waals surface area contributed by atoms with Gasteiger partial charge in [0, 0.05) is 22.6 Å². The van der Waals surface area contributed by atoms with E-state index in [4.69, 9.17) is 9.72 Å². The normalized spacial score (nSPS) is 15.4. The summed E-state index contributed by atoms with van der Waals surface area (Å²) in [7, 11) is 1.71. The average molecular weight is 494 g/mol. The molecular formula is C36H31NO. The van der Waals surface area contributed by atoms with Crippen molar-refractivity contribution in [2.75, 3.05) is 7.11 Å². The van der Waals surface area contributed by atoms with E-state index in [1.807, 2.05) is 24.4 Å². The molecule has 0 atom stereocenters. The Morgan fingerprint density at radius 2 is 1.11 bits per heavy atom. The number of hydrogen-bond acceptors (Lipinski definition) is 2. The van der Waals surface area contributed by atoms with Crippen LogP contribution in [0.1, 0.15) is 50.1 Å². The minimum absolute atomic E-state index is 0.0758. The van der Waals surface area contributed by atoms with Crippen LogP contribution in [0.4, 0.5) is 0 Å². The highest BCUT2D eigenvalue weighted by Crippen LogP contribution is 2.52. The predicted octanol–water partition coefficient (Wildman–Crippen LogP) is 9.04. The first-order valence-corrected chi connectivity index (χ1v) is 13.3. The highest BCUT2D eigenvalue weighted by molar-refractivity contribution is 5.87. The summed E-state index contributed by atoms with van der Waals surface area (Å²) in [5.41, 5.74) is 15.3. The van der Waals surface area contributed by atoms with Crippen molar-refractivity contribution < 1.29 is 4.74 Å². The Balaban J connectivity index is 1.30. The molecule has 0 fully saturated rings. The van der Waals surface area contributed by atoms with E-state index >= 15 is 0 Å². The van der Waals surface area contributed by atoms with E-state index in [2.05, 4.69) is 100 Å². The SMILES string of the molecule is COc1ccc(-c2ccc3c(c2)C(C)(C)c2cc(-c4ccc5c(c4)-c4cccnc4C5(C)C)ccc2-3)cc1. The lowest BCUT2D eigenvalue weighted by molar-refractivity contribution is 0.415. The maximum absolute atomic E-state index is 5.35. The van der Waals surface area contributed by atoms with E-state index in [-0.39, 0.29) is 10.8 Å². The summed E-state index contributed by atoms with van der Waals surface area (Å²) in [4.78, 5) is 4.75. The van der Waals surface area contributed by atoms with Crippen molar-refractivity contribution in [2.24, 2.45) is 0 Å². The molecule has 0 spiro atoms. The van der Waals surface area contributed by atoms with Crippen LogP contribution in [0.15, 0.2) is 97.2 Å². The van der Waals surface area contributed by atoms with Gasteiger partial charge in [0.25, 0.3) is 0 Å². The van der Waals surface area contributed by atoms with Crippen LogP contribution >= 0.6 is 0 Å². The van der Waals surface area contributed by atoms with Gasteiger partial charge < -0.3 is 4.74 Å². The smallest absolute Gasteiger partial charge is 0.118 e. The number of ether oxygens (including phenoxy) is 1. The maximum Gasteiger partial charge on any atom is 0.118 e. The van der Waals surface area contributed by atoms with E-state index in [0.717, 1.165) is 5.75 Å². The van der Waals surface area contributed by atoms with Gasteiger partial charge in [-0.3, -0.25) is 4.98 Å². The number of hydrogen-bond donors (Lipinski definition) is 0. The molecule has 186 valence electrons. The second-order valence-electron chi connectivity index (χ2n) is 11.7. The van der Waals surface area contributed by atoms with Crippen LogP contribution in [0.25, 0.3) is 44.5 Å². The Bertz CT molecular complexity index is 1740. The van der Waals surface area contributed by atoms with E-state index in [9.17, 15) is 0 Å². The Hall–Kier alpha value is -4.17. The van der Waals surface area contributed by atoms with Crippen LogP contribution in [0, 0.1) is 0 Å². The number of benzene rings is 4. The zero-order valence-corrected chi connectivity index (χ0v) is 22.6. The minimum atomic E-state index is -0.0849. The first-order valence-electron chi connectivity index (χ1n) is 13.3. The average Bonchev–Trinajstić information content (AvgIpc) is 3.32. The van der Waals surface area contributed by atoms with Crippen LogP contribution < -0.4 is 4.74 Å². The molecule has 2 aliphatic carbocycles. The number of rotatable bonds is 3. The van der Waals surface area contributed by atoms with Crippen molar-refractivity contribution in [3.63, 3.8) is 0 Å². The number of fused-ring (bicyclic) bond motifs is 6. The molecule has 38 heavy (non-hydrogen) atoms. The Morgan fingerprint density at radius 3 is 1.76 bits per heavy atom. The number of pyridine rings is 1. The van der Waals surface area contributed by atoms with Crippen molar-refractivity contribution in [3.8, 4) is 50.3 Å².